The number of halogens is 1. The number of para-hydroxylation sites is 1. The lowest BCUT2D eigenvalue weighted by Crippen LogP contribution is -2.48. The Labute approximate surface area is 177 Å². The van der Waals surface area contributed by atoms with E-state index in [1.54, 1.807) is 24.1 Å². The standard InChI is InChI=1S/C23H22BrNO4/c1-28-22-10-9-16(24)13-18(22)23(27)25-11-5-4-7-19(25)20(26)14-17-12-15-6-2-3-8-21(15)29-17/h2-3,6,8-10,12-13,19H,4-5,7,11,14H2,1H3. The molecule has 1 aromatic heterocycles. The van der Waals surface area contributed by atoms with Gasteiger partial charge in [0.1, 0.15) is 17.1 Å². The monoisotopic (exact) mass is 455 g/mol. The molecule has 2 heterocycles. The maximum atomic E-state index is 13.3. The molecule has 29 heavy (non-hydrogen) atoms. The number of methoxy groups -OCH3 is 1. The minimum absolute atomic E-state index is 0.00562. The average molecular weight is 456 g/mol. The van der Waals surface area contributed by atoms with E-state index in [0.717, 1.165) is 28.3 Å². The number of likely N-dealkylation sites (tertiary alicyclic amines) is 1. The molecule has 0 saturated carbocycles. The molecule has 0 N–H and O–H groups in total. The summed E-state index contributed by atoms with van der Waals surface area (Å²) in [5.41, 5.74) is 1.23. The van der Waals surface area contributed by atoms with E-state index in [1.807, 2.05) is 36.4 Å². The van der Waals surface area contributed by atoms with Gasteiger partial charge >= 0.3 is 0 Å². The third-order valence-corrected chi connectivity index (χ3v) is 5.85. The number of benzene rings is 2. The highest BCUT2D eigenvalue weighted by molar-refractivity contribution is 9.10. The molecule has 5 nitrogen and oxygen atoms in total. The molecule has 0 aliphatic carbocycles. The van der Waals surface area contributed by atoms with Crippen molar-refractivity contribution in [3.8, 4) is 5.75 Å². The zero-order valence-corrected chi connectivity index (χ0v) is 17.8. The quantitative estimate of drug-likeness (QED) is 0.542. The molecule has 1 saturated heterocycles. The molecule has 2 aromatic carbocycles. The average Bonchev–Trinajstić information content (AvgIpc) is 3.15. The Morgan fingerprint density at radius 3 is 2.79 bits per heavy atom. The van der Waals surface area contributed by atoms with Gasteiger partial charge in [0.05, 0.1) is 25.1 Å². The molecule has 1 aliphatic heterocycles. The first-order valence-electron chi connectivity index (χ1n) is 9.71. The summed E-state index contributed by atoms with van der Waals surface area (Å²) < 4.78 is 12.0. The Kier molecular flexibility index (Phi) is 5.72. The van der Waals surface area contributed by atoms with Crippen LogP contribution in [0.3, 0.4) is 0 Å². The van der Waals surface area contributed by atoms with Crippen molar-refractivity contribution in [1.82, 2.24) is 4.90 Å². The summed E-state index contributed by atoms with van der Waals surface area (Å²) in [6.45, 7) is 0.561. The number of amides is 1. The molecule has 0 bridgehead atoms. The summed E-state index contributed by atoms with van der Waals surface area (Å²) in [5, 5.41) is 0.978. The van der Waals surface area contributed by atoms with Crippen LogP contribution in [0.1, 0.15) is 35.4 Å². The van der Waals surface area contributed by atoms with Crippen molar-refractivity contribution in [2.75, 3.05) is 13.7 Å². The van der Waals surface area contributed by atoms with Gasteiger partial charge in [-0.15, -0.1) is 0 Å². The summed E-state index contributed by atoms with van der Waals surface area (Å²) in [7, 11) is 1.54. The van der Waals surface area contributed by atoms with Gasteiger partial charge < -0.3 is 14.1 Å². The highest BCUT2D eigenvalue weighted by Gasteiger charge is 2.34. The molecule has 4 rings (SSSR count). The minimum Gasteiger partial charge on any atom is -0.496 e. The fraction of sp³-hybridized carbons (Fsp3) is 0.304. The zero-order valence-electron chi connectivity index (χ0n) is 16.2. The smallest absolute Gasteiger partial charge is 0.258 e. The second-order valence-electron chi connectivity index (χ2n) is 7.25. The number of hydrogen-bond donors (Lipinski definition) is 0. The number of carbonyl (C=O) groups excluding carboxylic acids is 2. The molecule has 3 aromatic rings. The van der Waals surface area contributed by atoms with Crippen LogP contribution in [0.5, 0.6) is 5.75 Å². The van der Waals surface area contributed by atoms with E-state index >= 15 is 0 Å². The van der Waals surface area contributed by atoms with Crippen LogP contribution >= 0.6 is 15.9 Å². The van der Waals surface area contributed by atoms with Crippen LogP contribution in [-0.2, 0) is 11.2 Å². The number of nitrogens with zero attached hydrogens (tertiary/aromatic N) is 1. The van der Waals surface area contributed by atoms with Gasteiger partial charge in [-0.3, -0.25) is 9.59 Å². The van der Waals surface area contributed by atoms with E-state index in [9.17, 15) is 9.59 Å². The molecule has 1 fully saturated rings. The van der Waals surface area contributed by atoms with Crippen LogP contribution in [-0.4, -0.2) is 36.3 Å². The first-order valence-corrected chi connectivity index (χ1v) is 10.5. The first kappa shape index (κ1) is 19.7. The lowest BCUT2D eigenvalue weighted by atomic mass is 9.95. The van der Waals surface area contributed by atoms with Crippen LogP contribution in [0.2, 0.25) is 0 Å². The Morgan fingerprint density at radius 2 is 2.00 bits per heavy atom. The van der Waals surface area contributed by atoms with Crippen molar-refractivity contribution in [3.63, 3.8) is 0 Å². The van der Waals surface area contributed by atoms with Gasteiger partial charge in [0.15, 0.2) is 5.78 Å². The lowest BCUT2D eigenvalue weighted by Gasteiger charge is -2.35. The lowest BCUT2D eigenvalue weighted by molar-refractivity contribution is -0.124. The number of carbonyl (C=O) groups is 2. The SMILES string of the molecule is COc1ccc(Br)cc1C(=O)N1CCCCC1C(=O)Cc1cc2ccccc2o1. The van der Waals surface area contributed by atoms with E-state index in [2.05, 4.69) is 15.9 Å². The Bertz CT molecular complexity index is 1020. The van der Waals surface area contributed by atoms with Crippen molar-refractivity contribution < 1.29 is 18.7 Å². The Hall–Kier alpha value is -2.60. The topological polar surface area (TPSA) is 59.8 Å². The fourth-order valence-electron chi connectivity index (χ4n) is 3.92. The van der Waals surface area contributed by atoms with Crippen LogP contribution < -0.4 is 4.74 Å². The number of hydrogen-bond acceptors (Lipinski definition) is 4. The number of ketones is 1. The van der Waals surface area contributed by atoms with Crippen molar-refractivity contribution in [3.05, 3.63) is 64.3 Å². The fourth-order valence-corrected chi connectivity index (χ4v) is 4.29. The van der Waals surface area contributed by atoms with E-state index in [4.69, 9.17) is 9.15 Å². The molecule has 6 heteroatoms. The highest BCUT2D eigenvalue weighted by Crippen LogP contribution is 2.28. The summed E-state index contributed by atoms with van der Waals surface area (Å²) in [5.74, 6) is 0.971. The van der Waals surface area contributed by atoms with Gasteiger partial charge in [-0.05, 0) is 49.6 Å². The van der Waals surface area contributed by atoms with Crippen LogP contribution in [0, 0.1) is 0 Å². The maximum Gasteiger partial charge on any atom is 0.258 e. The van der Waals surface area contributed by atoms with Crippen LogP contribution in [0.4, 0.5) is 0 Å². The summed E-state index contributed by atoms with van der Waals surface area (Å²) in [6, 6.07) is 14.5. The number of fused-ring (bicyclic) bond motifs is 1. The van der Waals surface area contributed by atoms with Gasteiger partial charge in [0.2, 0.25) is 0 Å². The largest absolute Gasteiger partial charge is 0.496 e. The molecule has 150 valence electrons. The first-order chi connectivity index (χ1) is 14.1. The molecule has 0 radical (unpaired) electrons. The summed E-state index contributed by atoms with van der Waals surface area (Å²) in [6.07, 6.45) is 2.66. The predicted molar refractivity (Wildman–Crippen MR) is 114 cm³/mol. The van der Waals surface area contributed by atoms with Crippen LogP contribution in [0.15, 0.2) is 57.4 Å². The molecule has 1 atom stereocenters. The maximum absolute atomic E-state index is 13.3. The number of ether oxygens (including phenoxy) is 1. The third kappa shape index (κ3) is 4.08. The summed E-state index contributed by atoms with van der Waals surface area (Å²) in [4.78, 5) is 28.1. The van der Waals surface area contributed by atoms with Crippen molar-refractivity contribution in [2.24, 2.45) is 0 Å². The van der Waals surface area contributed by atoms with Gasteiger partial charge in [-0.1, -0.05) is 34.1 Å². The summed E-state index contributed by atoms with van der Waals surface area (Å²) >= 11 is 3.42. The Morgan fingerprint density at radius 1 is 1.17 bits per heavy atom. The third-order valence-electron chi connectivity index (χ3n) is 5.35. The second-order valence-corrected chi connectivity index (χ2v) is 8.16. The number of piperidine rings is 1. The normalized spacial score (nSPS) is 16.8. The molecule has 0 spiro atoms. The predicted octanol–water partition coefficient (Wildman–Crippen LogP) is 5.01. The highest BCUT2D eigenvalue weighted by atomic mass is 79.9. The van der Waals surface area contributed by atoms with Crippen LogP contribution in [0.25, 0.3) is 11.0 Å². The van der Waals surface area contributed by atoms with Crippen molar-refractivity contribution in [1.29, 1.82) is 0 Å². The van der Waals surface area contributed by atoms with E-state index in [1.165, 1.54) is 0 Å². The van der Waals surface area contributed by atoms with Gasteiger partial charge in [-0.2, -0.15) is 0 Å². The number of Topliss-reactive ketones (excluding diaryl/α,β-unsaturated/α-hetero) is 1. The van der Waals surface area contributed by atoms with E-state index in [-0.39, 0.29) is 18.1 Å². The molecule has 1 aliphatic rings. The van der Waals surface area contributed by atoms with Crippen molar-refractivity contribution in [2.45, 2.75) is 31.7 Å². The van der Waals surface area contributed by atoms with Gasteiger partial charge in [0.25, 0.3) is 5.91 Å². The van der Waals surface area contributed by atoms with Crippen molar-refractivity contribution >= 4 is 38.6 Å². The zero-order chi connectivity index (χ0) is 20.4. The minimum atomic E-state index is -0.451. The molecular weight excluding hydrogens is 434 g/mol. The van der Waals surface area contributed by atoms with Gasteiger partial charge in [0, 0.05) is 16.4 Å². The number of rotatable bonds is 5. The number of furan rings is 1. The molecule has 1 unspecified atom stereocenters. The molecule has 1 amide bonds. The van der Waals surface area contributed by atoms with Gasteiger partial charge in [-0.25, -0.2) is 0 Å². The van der Waals surface area contributed by atoms with E-state index < -0.39 is 6.04 Å². The molecular formula is C23H22BrNO4. The van der Waals surface area contributed by atoms with E-state index in [0.29, 0.717) is 30.0 Å². The Balaban J connectivity index is 1.57. The second kappa shape index (κ2) is 8.41.